The number of nitrogens with one attached hydrogen (secondary N) is 1. The summed E-state index contributed by atoms with van der Waals surface area (Å²) in [6.45, 7) is 0.840. The van der Waals surface area contributed by atoms with Crippen LogP contribution in [0.5, 0.6) is 5.75 Å². The fourth-order valence-corrected chi connectivity index (χ4v) is 4.21. The summed E-state index contributed by atoms with van der Waals surface area (Å²) in [5, 5.41) is 24.6. The van der Waals surface area contributed by atoms with Gasteiger partial charge in [0.25, 0.3) is 5.69 Å². The molecular formula is C17H18N4O6S. The van der Waals surface area contributed by atoms with Gasteiger partial charge in [0.1, 0.15) is 10.6 Å². The van der Waals surface area contributed by atoms with Crippen LogP contribution in [0.2, 0.25) is 0 Å². The van der Waals surface area contributed by atoms with Gasteiger partial charge in [-0.25, -0.2) is 8.42 Å². The number of nitrogens with zero attached hydrogens (tertiary/aromatic N) is 3. The molecular weight excluding hydrogens is 388 g/mol. The summed E-state index contributed by atoms with van der Waals surface area (Å²) in [6.07, 6.45) is 1.40. The van der Waals surface area contributed by atoms with Gasteiger partial charge in [0.05, 0.1) is 30.0 Å². The lowest BCUT2D eigenvalue weighted by Crippen LogP contribution is -2.40. The molecule has 1 heterocycles. The Morgan fingerprint density at radius 1 is 1.21 bits per heavy atom. The van der Waals surface area contributed by atoms with E-state index in [0.717, 1.165) is 6.07 Å². The van der Waals surface area contributed by atoms with Crippen molar-refractivity contribution in [1.82, 2.24) is 4.31 Å². The average molecular weight is 406 g/mol. The molecule has 28 heavy (non-hydrogen) atoms. The van der Waals surface area contributed by atoms with E-state index in [1.165, 1.54) is 34.8 Å². The second-order valence-electron chi connectivity index (χ2n) is 5.92. The summed E-state index contributed by atoms with van der Waals surface area (Å²) in [5.41, 5.74) is 2.98. The first-order valence-electron chi connectivity index (χ1n) is 8.32. The van der Waals surface area contributed by atoms with Crippen LogP contribution in [0.3, 0.4) is 0 Å². The molecule has 10 nitrogen and oxygen atoms in total. The average Bonchev–Trinajstić information content (AvgIpc) is 2.68. The summed E-state index contributed by atoms with van der Waals surface area (Å²) in [4.78, 5) is 10.2. The first-order valence-corrected chi connectivity index (χ1v) is 9.76. The number of morpholine rings is 1. The molecule has 1 aliphatic heterocycles. The predicted octanol–water partition coefficient (Wildman–Crippen LogP) is 1.77. The molecule has 3 rings (SSSR count). The number of hydrazone groups is 1. The van der Waals surface area contributed by atoms with Gasteiger partial charge in [-0.1, -0.05) is 12.1 Å². The predicted molar refractivity (Wildman–Crippen MR) is 102 cm³/mol. The number of hydrogen-bond donors (Lipinski definition) is 2. The van der Waals surface area contributed by atoms with Gasteiger partial charge in [0.15, 0.2) is 0 Å². The van der Waals surface area contributed by atoms with Crippen molar-refractivity contribution in [3.63, 3.8) is 0 Å². The smallest absolute Gasteiger partial charge is 0.270 e. The first kappa shape index (κ1) is 19.7. The number of non-ortho nitro benzene ring substituents is 1. The van der Waals surface area contributed by atoms with Crippen LogP contribution in [-0.2, 0) is 14.8 Å². The molecule has 1 aliphatic rings. The SMILES string of the molecule is O=[N+]([O-])c1ccc(N/N=C/c2cccc(O)c2)c(S(=O)(=O)N2CCOCC2)c1. The molecule has 0 atom stereocenters. The summed E-state index contributed by atoms with van der Waals surface area (Å²) in [6, 6.07) is 9.83. The fraction of sp³-hybridized carbons (Fsp3) is 0.235. The van der Waals surface area contributed by atoms with Crippen molar-refractivity contribution in [3.8, 4) is 5.75 Å². The number of phenolic OH excluding ortho intramolecular Hbond substituents is 1. The molecule has 0 aromatic heterocycles. The van der Waals surface area contributed by atoms with Crippen LogP contribution >= 0.6 is 0 Å². The van der Waals surface area contributed by atoms with Crippen molar-refractivity contribution in [2.75, 3.05) is 31.7 Å². The Morgan fingerprint density at radius 2 is 1.96 bits per heavy atom. The summed E-state index contributed by atoms with van der Waals surface area (Å²) < 4.78 is 32.4. The number of benzene rings is 2. The van der Waals surface area contributed by atoms with Crippen molar-refractivity contribution in [1.29, 1.82) is 0 Å². The van der Waals surface area contributed by atoms with E-state index < -0.39 is 14.9 Å². The molecule has 148 valence electrons. The van der Waals surface area contributed by atoms with Gasteiger partial charge in [-0.2, -0.15) is 9.41 Å². The second-order valence-corrected chi connectivity index (χ2v) is 7.83. The van der Waals surface area contributed by atoms with E-state index in [0.29, 0.717) is 5.56 Å². The Bertz CT molecular complexity index is 1000. The number of aromatic hydroxyl groups is 1. The van der Waals surface area contributed by atoms with Crippen LogP contribution in [0.1, 0.15) is 5.56 Å². The van der Waals surface area contributed by atoms with Gasteiger partial charge in [-0.3, -0.25) is 15.5 Å². The maximum absolute atomic E-state index is 13.0. The number of nitro groups is 1. The summed E-state index contributed by atoms with van der Waals surface area (Å²) in [7, 11) is -3.98. The number of nitro benzene ring substituents is 1. The van der Waals surface area contributed by atoms with E-state index in [1.54, 1.807) is 12.1 Å². The molecule has 2 aromatic carbocycles. The first-order chi connectivity index (χ1) is 13.4. The highest BCUT2D eigenvalue weighted by molar-refractivity contribution is 7.89. The molecule has 0 spiro atoms. The number of phenols is 1. The quantitative estimate of drug-likeness (QED) is 0.424. The van der Waals surface area contributed by atoms with Gasteiger partial charge in [0.2, 0.25) is 10.0 Å². The molecule has 1 fully saturated rings. The van der Waals surface area contributed by atoms with Crippen molar-refractivity contribution >= 4 is 27.6 Å². The van der Waals surface area contributed by atoms with Crippen LogP contribution in [0.25, 0.3) is 0 Å². The van der Waals surface area contributed by atoms with E-state index in [-0.39, 0.29) is 48.3 Å². The van der Waals surface area contributed by atoms with Crippen LogP contribution in [0.4, 0.5) is 11.4 Å². The Balaban J connectivity index is 1.93. The second kappa shape index (κ2) is 8.33. The standard InChI is InChI=1S/C17H18N4O6S/c22-15-3-1-2-13(10-15)12-18-19-16-5-4-14(21(23)24)11-17(16)28(25,26)20-6-8-27-9-7-20/h1-5,10-12,19,22H,6-9H2/b18-12+. The highest BCUT2D eigenvalue weighted by Gasteiger charge is 2.30. The van der Waals surface area contributed by atoms with Crippen molar-refractivity contribution in [2.45, 2.75) is 4.90 Å². The maximum atomic E-state index is 13.0. The fourth-order valence-electron chi connectivity index (χ4n) is 2.64. The van der Waals surface area contributed by atoms with Gasteiger partial charge >= 0.3 is 0 Å². The third-order valence-electron chi connectivity index (χ3n) is 4.03. The molecule has 1 saturated heterocycles. The zero-order chi connectivity index (χ0) is 20.1. The highest BCUT2D eigenvalue weighted by atomic mass is 32.2. The number of hydrogen-bond acceptors (Lipinski definition) is 8. The number of anilines is 1. The Kier molecular flexibility index (Phi) is 5.87. The molecule has 0 amide bonds. The molecule has 0 aliphatic carbocycles. The zero-order valence-electron chi connectivity index (χ0n) is 14.7. The van der Waals surface area contributed by atoms with Crippen LogP contribution in [-0.4, -0.2) is 55.3 Å². The molecule has 2 N–H and O–H groups in total. The summed E-state index contributed by atoms with van der Waals surface area (Å²) in [5.74, 6) is 0.0647. The van der Waals surface area contributed by atoms with Gasteiger partial charge in [-0.05, 0) is 23.8 Å². The third kappa shape index (κ3) is 4.44. The topological polar surface area (TPSA) is 134 Å². The minimum absolute atomic E-state index is 0.0647. The maximum Gasteiger partial charge on any atom is 0.270 e. The third-order valence-corrected chi connectivity index (χ3v) is 5.97. The largest absolute Gasteiger partial charge is 0.508 e. The van der Waals surface area contributed by atoms with Crippen molar-refractivity contribution in [3.05, 3.63) is 58.1 Å². The molecule has 0 radical (unpaired) electrons. The molecule has 0 saturated carbocycles. The minimum atomic E-state index is -3.98. The molecule has 2 aromatic rings. The highest BCUT2D eigenvalue weighted by Crippen LogP contribution is 2.29. The Labute approximate surface area is 161 Å². The Hall–Kier alpha value is -3.02. The van der Waals surface area contributed by atoms with Crippen molar-refractivity contribution in [2.24, 2.45) is 5.10 Å². The molecule has 0 unspecified atom stereocenters. The zero-order valence-corrected chi connectivity index (χ0v) is 15.5. The van der Waals surface area contributed by atoms with Gasteiger partial charge < -0.3 is 9.84 Å². The van der Waals surface area contributed by atoms with E-state index >= 15 is 0 Å². The number of rotatable bonds is 6. The van der Waals surface area contributed by atoms with Crippen LogP contribution < -0.4 is 5.43 Å². The van der Waals surface area contributed by atoms with E-state index in [4.69, 9.17) is 4.74 Å². The summed E-state index contributed by atoms with van der Waals surface area (Å²) >= 11 is 0. The lowest BCUT2D eigenvalue weighted by Gasteiger charge is -2.26. The van der Waals surface area contributed by atoms with E-state index in [2.05, 4.69) is 10.5 Å². The minimum Gasteiger partial charge on any atom is -0.508 e. The van der Waals surface area contributed by atoms with Crippen LogP contribution in [0, 0.1) is 10.1 Å². The van der Waals surface area contributed by atoms with Gasteiger partial charge in [-0.15, -0.1) is 0 Å². The van der Waals surface area contributed by atoms with E-state index in [1.807, 2.05) is 0 Å². The van der Waals surface area contributed by atoms with Crippen molar-refractivity contribution < 1.29 is 23.2 Å². The molecule has 11 heteroatoms. The lowest BCUT2D eigenvalue weighted by molar-refractivity contribution is -0.385. The normalized spacial score (nSPS) is 15.6. The number of sulfonamides is 1. The Morgan fingerprint density at radius 3 is 2.64 bits per heavy atom. The monoisotopic (exact) mass is 406 g/mol. The number of ether oxygens (including phenoxy) is 1. The van der Waals surface area contributed by atoms with E-state index in [9.17, 15) is 23.6 Å². The lowest BCUT2D eigenvalue weighted by atomic mass is 10.2. The molecule has 0 bridgehead atoms. The van der Waals surface area contributed by atoms with Gasteiger partial charge in [0, 0.05) is 25.2 Å². The van der Waals surface area contributed by atoms with Crippen LogP contribution in [0.15, 0.2) is 52.5 Å².